The number of likely N-dealkylation sites (N-methyl/N-ethyl adjacent to an activating group) is 1. The Bertz CT molecular complexity index is 338. The summed E-state index contributed by atoms with van der Waals surface area (Å²) in [6, 6.07) is 0.521. The van der Waals surface area contributed by atoms with Gasteiger partial charge in [0.2, 0.25) is 5.89 Å². The quantitative estimate of drug-likeness (QED) is 0.832. The summed E-state index contributed by atoms with van der Waals surface area (Å²) in [6.45, 7) is 6.05. The van der Waals surface area contributed by atoms with Crippen LogP contribution in [0.3, 0.4) is 0 Å². The van der Waals surface area contributed by atoms with Crippen molar-refractivity contribution in [3.8, 4) is 0 Å². The van der Waals surface area contributed by atoms with Crippen LogP contribution in [0.4, 0.5) is 0 Å². The Morgan fingerprint density at radius 2 is 2.44 bits per heavy atom. The average molecular weight is 225 g/mol. The monoisotopic (exact) mass is 225 g/mol. The second-order valence-electron chi connectivity index (χ2n) is 4.35. The van der Waals surface area contributed by atoms with Gasteiger partial charge in [0, 0.05) is 12.5 Å². The van der Waals surface area contributed by atoms with E-state index in [1.807, 2.05) is 0 Å². The number of rotatable bonds is 4. The van der Waals surface area contributed by atoms with Gasteiger partial charge >= 0.3 is 0 Å². The number of aromatic nitrogens is 2. The highest BCUT2D eigenvalue weighted by Crippen LogP contribution is 2.20. The molecule has 2 heterocycles. The number of nitrogens with zero attached hydrogens (tertiary/aromatic N) is 3. The minimum Gasteiger partial charge on any atom is -0.385 e. The second-order valence-corrected chi connectivity index (χ2v) is 4.35. The first-order valence-electron chi connectivity index (χ1n) is 5.95. The topological polar surface area (TPSA) is 62.4 Å². The largest absolute Gasteiger partial charge is 0.385 e. The summed E-state index contributed by atoms with van der Waals surface area (Å²) < 4.78 is 5.13. The minimum atomic E-state index is -0.650. The predicted octanol–water partition coefficient (Wildman–Crippen LogP) is 1.15. The van der Waals surface area contributed by atoms with Crippen molar-refractivity contribution in [1.29, 1.82) is 0 Å². The zero-order valence-electron chi connectivity index (χ0n) is 9.89. The van der Waals surface area contributed by atoms with Crippen molar-refractivity contribution in [2.75, 3.05) is 13.1 Å². The summed E-state index contributed by atoms with van der Waals surface area (Å²) in [7, 11) is 0. The molecule has 90 valence electrons. The Morgan fingerprint density at radius 1 is 1.62 bits per heavy atom. The second kappa shape index (κ2) is 4.93. The molecule has 0 aromatic carbocycles. The van der Waals surface area contributed by atoms with Gasteiger partial charge in [-0.2, -0.15) is 4.98 Å². The van der Waals surface area contributed by atoms with Crippen molar-refractivity contribution in [1.82, 2.24) is 15.0 Å². The van der Waals surface area contributed by atoms with Crippen LogP contribution in [-0.4, -0.2) is 39.3 Å². The molecule has 2 atom stereocenters. The molecule has 1 saturated heterocycles. The Hall–Kier alpha value is -0.940. The summed E-state index contributed by atoms with van der Waals surface area (Å²) in [5.74, 6) is 1.03. The predicted molar refractivity (Wildman–Crippen MR) is 58.9 cm³/mol. The van der Waals surface area contributed by atoms with E-state index in [2.05, 4.69) is 22.0 Å². The van der Waals surface area contributed by atoms with E-state index in [9.17, 15) is 5.11 Å². The minimum absolute atomic E-state index is 0.385. The standard InChI is InChI=1S/C11H19N3O2/c1-3-14-6-4-5-9(14)7-10-12-11(8(2)15)13-16-10/h8-9,15H,3-7H2,1-2H3. The van der Waals surface area contributed by atoms with Gasteiger partial charge in [-0.05, 0) is 32.9 Å². The van der Waals surface area contributed by atoms with Crippen LogP contribution in [0.2, 0.25) is 0 Å². The fourth-order valence-corrected chi connectivity index (χ4v) is 2.26. The van der Waals surface area contributed by atoms with Gasteiger partial charge in [-0.15, -0.1) is 0 Å². The van der Waals surface area contributed by atoms with Gasteiger partial charge in [0.15, 0.2) is 5.82 Å². The molecule has 0 bridgehead atoms. The van der Waals surface area contributed by atoms with Crippen molar-refractivity contribution in [3.63, 3.8) is 0 Å². The molecule has 1 aliphatic rings. The van der Waals surface area contributed by atoms with E-state index in [-0.39, 0.29) is 0 Å². The Labute approximate surface area is 95.4 Å². The van der Waals surface area contributed by atoms with Gasteiger partial charge in [0.05, 0.1) is 0 Å². The summed E-state index contributed by atoms with van der Waals surface area (Å²) in [4.78, 5) is 6.62. The van der Waals surface area contributed by atoms with Gasteiger partial charge < -0.3 is 14.5 Å². The van der Waals surface area contributed by atoms with E-state index in [0.29, 0.717) is 17.8 Å². The van der Waals surface area contributed by atoms with E-state index >= 15 is 0 Å². The molecule has 1 fully saturated rings. The smallest absolute Gasteiger partial charge is 0.228 e. The fourth-order valence-electron chi connectivity index (χ4n) is 2.26. The van der Waals surface area contributed by atoms with Gasteiger partial charge in [-0.1, -0.05) is 12.1 Å². The van der Waals surface area contributed by atoms with E-state index in [4.69, 9.17) is 4.52 Å². The van der Waals surface area contributed by atoms with Crippen LogP contribution in [0, 0.1) is 0 Å². The van der Waals surface area contributed by atoms with Crippen molar-refractivity contribution >= 4 is 0 Å². The molecule has 0 aliphatic carbocycles. The lowest BCUT2D eigenvalue weighted by molar-refractivity contribution is 0.184. The number of hydrogen-bond donors (Lipinski definition) is 1. The molecular formula is C11H19N3O2. The van der Waals surface area contributed by atoms with Crippen LogP contribution in [0.1, 0.15) is 44.5 Å². The summed E-state index contributed by atoms with van der Waals surface area (Å²) in [5, 5.41) is 13.1. The molecule has 0 radical (unpaired) electrons. The SMILES string of the molecule is CCN1CCCC1Cc1nc(C(C)O)no1. The Kier molecular flexibility index (Phi) is 3.56. The first-order valence-corrected chi connectivity index (χ1v) is 5.95. The van der Waals surface area contributed by atoms with Crippen molar-refractivity contribution in [3.05, 3.63) is 11.7 Å². The third-order valence-corrected chi connectivity index (χ3v) is 3.17. The lowest BCUT2D eigenvalue weighted by Gasteiger charge is -2.20. The molecule has 1 aromatic heterocycles. The number of aliphatic hydroxyl groups excluding tert-OH is 1. The molecule has 0 amide bonds. The highest BCUT2D eigenvalue weighted by Gasteiger charge is 2.25. The molecular weight excluding hydrogens is 206 g/mol. The zero-order chi connectivity index (χ0) is 11.5. The third-order valence-electron chi connectivity index (χ3n) is 3.17. The van der Waals surface area contributed by atoms with Crippen LogP contribution in [0.5, 0.6) is 0 Å². The van der Waals surface area contributed by atoms with E-state index in [0.717, 1.165) is 13.0 Å². The molecule has 1 N–H and O–H groups in total. The number of aliphatic hydroxyl groups is 1. The molecule has 16 heavy (non-hydrogen) atoms. The first kappa shape index (κ1) is 11.5. The first-order chi connectivity index (χ1) is 7.70. The van der Waals surface area contributed by atoms with Crippen LogP contribution < -0.4 is 0 Å². The summed E-state index contributed by atoms with van der Waals surface area (Å²) in [6.07, 6.45) is 2.59. The maximum Gasteiger partial charge on any atom is 0.228 e. The van der Waals surface area contributed by atoms with E-state index < -0.39 is 6.10 Å². The zero-order valence-corrected chi connectivity index (χ0v) is 9.89. The van der Waals surface area contributed by atoms with Gasteiger partial charge in [0.1, 0.15) is 6.10 Å². The fraction of sp³-hybridized carbons (Fsp3) is 0.818. The molecule has 1 aliphatic heterocycles. The Morgan fingerprint density at radius 3 is 3.06 bits per heavy atom. The Balaban J connectivity index is 1.97. The third kappa shape index (κ3) is 2.41. The van der Waals surface area contributed by atoms with Crippen molar-refractivity contribution < 1.29 is 9.63 Å². The van der Waals surface area contributed by atoms with E-state index in [1.54, 1.807) is 6.92 Å². The van der Waals surface area contributed by atoms with Crippen molar-refractivity contribution in [2.24, 2.45) is 0 Å². The van der Waals surface area contributed by atoms with Gasteiger partial charge in [0.25, 0.3) is 0 Å². The van der Waals surface area contributed by atoms with E-state index in [1.165, 1.54) is 19.4 Å². The number of hydrogen-bond acceptors (Lipinski definition) is 5. The molecule has 5 heteroatoms. The molecule has 0 spiro atoms. The summed E-state index contributed by atoms with van der Waals surface area (Å²) in [5.41, 5.74) is 0. The maximum absolute atomic E-state index is 9.30. The highest BCUT2D eigenvalue weighted by molar-refractivity contribution is 4.93. The van der Waals surface area contributed by atoms with Gasteiger partial charge in [-0.3, -0.25) is 0 Å². The molecule has 5 nitrogen and oxygen atoms in total. The molecule has 2 unspecified atom stereocenters. The average Bonchev–Trinajstić information content (AvgIpc) is 2.87. The summed E-state index contributed by atoms with van der Waals surface area (Å²) >= 11 is 0. The number of likely N-dealkylation sites (tertiary alicyclic amines) is 1. The normalized spacial score (nSPS) is 23.8. The molecule has 0 saturated carbocycles. The van der Waals surface area contributed by atoms with Crippen LogP contribution in [-0.2, 0) is 6.42 Å². The van der Waals surface area contributed by atoms with Crippen LogP contribution in [0.15, 0.2) is 4.52 Å². The highest BCUT2D eigenvalue weighted by atomic mass is 16.5. The lowest BCUT2D eigenvalue weighted by Crippen LogP contribution is -2.30. The maximum atomic E-state index is 9.30. The lowest BCUT2D eigenvalue weighted by atomic mass is 10.1. The van der Waals surface area contributed by atoms with Crippen LogP contribution in [0.25, 0.3) is 0 Å². The van der Waals surface area contributed by atoms with Crippen molar-refractivity contribution in [2.45, 2.75) is 45.3 Å². The molecule has 1 aromatic rings. The molecule has 2 rings (SSSR count). The van der Waals surface area contributed by atoms with Crippen LogP contribution >= 0.6 is 0 Å². The van der Waals surface area contributed by atoms with Gasteiger partial charge in [-0.25, -0.2) is 0 Å².